The second-order valence-electron chi connectivity index (χ2n) is 6.47. The molecule has 2 aromatic rings. The van der Waals surface area contributed by atoms with Gasteiger partial charge in [0, 0.05) is 43.1 Å². The molecule has 0 saturated heterocycles. The van der Waals surface area contributed by atoms with Crippen molar-refractivity contribution in [3.63, 3.8) is 0 Å². The molecule has 5 heteroatoms. The van der Waals surface area contributed by atoms with E-state index in [0.717, 1.165) is 44.0 Å². The predicted molar refractivity (Wildman–Crippen MR) is 97.0 cm³/mol. The summed E-state index contributed by atoms with van der Waals surface area (Å²) in [7, 11) is 1.81. The zero-order valence-corrected chi connectivity index (χ0v) is 14.9. The number of fused-ring (bicyclic) bond motifs is 2. The molecule has 0 radical (unpaired) electrons. The molecular weight excluding hydrogens is 338 g/mol. The number of amides is 1. The van der Waals surface area contributed by atoms with Crippen LogP contribution in [-0.4, -0.2) is 37.6 Å². The van der Waals surface area contributed by atoms with Gasteiger partial charge in [-0.15, -0.1) is 0 Å². The van der Waals surface area contributed by atoms with Gasteiger partial charge in [-0.2, -0.15) is 0 Å². The molecule has 0 aliphatic carbocycles. The summed E-state index contributed by atoms with van der Waals surface area (Å²) in [6.45, 7) is 2.05. The maximum Gasteiger partial charge on any atom is 0.255 e. The second-order valence-corrected chi connectivity index (χ2v) is 6.88. The van der Waals surface area contributed by atoms with E-state index in [1.807, 2.05) is 19.2 Å². The lowest BCUT2D eigenvalue weighted by Gasteiger charge is -2.20. The first-order chi connectivity index (χ1) is 12.1. The van der Waals surface area contributed by atoms with Crippen LogP contribution in [0, 0.1) is 0 Å². The topological polar surface area (TPSA) is 38.8 Å². The first-order valence-corrected chi connectivity index (χ1v) is 8.96. The van der Waals surface area contributed by atoms with Gasteiger partial charge in [0.15, 0.2) is 0 Å². The lowest BCUT2D eigenvalue weighted by Crippen LogP contribution is -2.29. The quantitative estimate of drug-likeness (QED) is 0.840. The van der Waals surface area contributed by atoms with Crippen LogP contribution in [0.4, 0.5) is 0 Å². The van der Waals surface area contributed by atoms with E-state index < -0.39 is 0 Å². The summed E-state index contributed by atoms with van der Waals surface area (Å²) in [4.78, 5) is 14.4. The van der Waals surface area contributed by atoms with Crippen molar-refractivity contribution in [2.45, 2.75) is 19.3 Å². The van der Waals surface area contributed by atoms with Crippen molar-refractivity contribution in [2.75, 3.05) is 26.8 Å². The van der Waals surface area contributed by atoms with Gasteiger partial charge in [-0.05, 0) is 24.6 Å². The number of hydrogen-bond donors (Lipinski definition) is 0. The summed E-state index contributed by atoms with van der Waals surface area (Å²) >= 11 is 6.15. The average Bonchev–Trinajstić information content (AvgIpc) is 3.27. The van der Waals surface area contributed by atoms with Crippen molar-refractivity contribution in [1.29, 1.82) is 0 Å². The molecule has 2 aliphatic rings. The number of rotatable bonds is 4. The summed E-state index contributed by atoms with van der Waals surface area (Å²) in [6, 6.07) is 9.27. The van der Waals surface area contributed by atoms with E-state index in [1.165, 1.54) is 16.7 Å². The van der Waals surface area contributed by atoms with Gasteiger partial charge in [0.2, 0.25) is 0 Å². The standard InChI is InChI=1S/C20H20ClNO3/c1-22(20(23)16-4-2-3-5-17(16)21)9-6-15-14-8-11-24-18(14)12-13-7-10-25-19(13)15/h2-5,12H,6-11H2,1H3. The van der Waals surface area contributed by atoms with Gasteiger partial charge in [-0.3, -0.25) is 4.79 Å². The molecule has 0 atom stereocenters. The third-order valence-corrected chi connectivity index (χ3v) is 5.24. The predicted octanol–water partition coefficient (Wildman–Crippen LogP) is 3.52. The van der Waals surface area contributed by atoms with E-state index in [4.69, 9.17) is 21.1 Å². The molecule has 4 rings (SSSR count). The van der Waals surface area contributed by atoms with E-state index >= 15 is 0 Å². The molecule has 0 N–H and O–H groups in total. The monoisotopic (exact) mass is 357 g/mol. The molecule has 1 amide bonds. The molecule has 0 unspecified atom stereocenters. The van der Waals surface area contributed by atoms with Crippen molar-refractivity contribution >= 4 is 17.5 Å². The Balaban J connectivity index is 1.54. The Kier molecular flexibility index (Phi) is 4.30. The van der Waals surface area contributed by atoms with E-state index in [9.17, 15) is 4.79 Å². The lowest BCUT2D eigenvalue weighted by atomic mass is 9.97. The number of benzene rings is 2. The van der Waals surface area contributed by atoms with Gasteiger partial charge in [-0.1, -0.05) is 23.7 Å². The molecule has 0 fully saturated rings. The highest BCUT2D eigenvalue weighted by Crippen LogP contribution is 2.40. The van der Waals surface area contributed by atoms with Crippen LogP contribution < -0.4 is 9.47 Å². The van der Waals surface area contributed by atoms with E-state index in [2.05, 4.69) is 6.07 Å². The minimum atomic E-state index is -0.0630. The SMILES string of the molecule is CN(CCc1c2c(cc3c1OCC3)OCC2)C(=O)c1ccccc1Cl. The molecule has 25 heavy (non-hydrogen) atoms. The number of halogens is 1. The summed E-state index contributed by atoms with van der Waals surface area (Å²) in [5.74, 6) is 1.93. The Morgan fingerprint density at radius 3 is 2.84 bits per heavy atom. The van der Waals surface area contributed by atoms with Crippen molar-refractivity contribution in [3.05, 3.63) is 57.6 Å². The number of carbonyl (C=O) groups excluding carboxylic acids is 1. The zero-order valence-electron chi connectivity index (χ0n) is 14.2. The number of nitrogens with zero attached hydrogens (tertiary/aromatic N) is 1. The number of likely N-dealkylation sites (N-methyl/N-ethyl adjacent to an activating group) is 1. The molecule has 0 aromatic heterocycles. The molecule has 0 spiro atoms. The van der Waals surface area contributed by atoms with Gasteiger partial charge < -0.3 is 14.4 Å². The highest BCUT2D eigenvalue weighted by Gasteiger charge is 2.26. The summed E-state index contributed by atoms with van der Waals surface area (Å²) in [6.07, 6.45) is 2.58. The largest absolute Gasteiger partial charge is 0.493 e. The highest BCUT2D eigenvalue weighted by atomic mass is 35.5. The van der Waals surface area contributed by atoms with Crippen LogP contribution in [0.15, 0.2) is 30.3 Å². The van der Waals surface area contributed by atoms with Crippen LogP contribution in [0.3, 0.4) is 0 Å². The Morgan fingerprint density at radius 2 is 2.00 bits per heavy atom. The van der Waals surface area contributed by atoms with E-state index in [0.29, 0.717) is 17.1 Å². The van der Waals surface area contributed by atoms with Crippen LogP contribution in [0.2, 0.25) is 5.02 Å². The van der Waals surface area contributed by atoms with Crippen molar-refractivity contribution < 1.29 is 14.3 Å². The molecule has 2 aromatic carbocycles. The van der Waals surface area contributed by atoms with Gasteiger partial charge in [0.25, 0.3) is 5.91 Å². The van der Waals surface area contributed by atoms with E-state index in [1.54, 1.807) is 17.0 Å². The third kappa shape index (κ3) is 2.95. The van der Waals surface area contributed by atoms with Crippen molar-refractivity contribution in [1.82, 2.24) is 4.90 Å². The smallest absolute Gasteiger partial charge is 0.255 e. The minimum Gasteiger partial charge on any atom is -0.493 e. The number of ether oxygens (including phenoxy) is 2. The molecule has 130 valence electrons. The minimum absolute atomic E-state index is 0.0630. The van der Waals surface area contributed by atoms with Gasteiger partial charge >= 0.3 is 0 Å². The lowest BCUT2D eigenvalue weighted by molar-refractivity contribution is 0.0796. The molecular formula is C20H20ClNO3. The summed E-state index contributed by atoms with van der Waals surface area (Å²) < 4.78 is 11.6. The van der Waals surface area contributed by atoms with Crippen molar-refractivity contribution in [3.8, 4) is 11.5 Å². The average molecular weight is 358 g/mol. The van der Waals surface area contributed by atoms with Crippen LogP contribution in [0.25, 0.3) is 0 Å². The van der Waals surface area contributed by atoms with Gasteiger partial charge in [0.1, 0.15) is 11.5 Å². The first-order valence-electron chi connectivity index (χ1n) is 8.58. The summed E-state index contributed by atoms with van der Waals surface area (Å²) in [5.41, 5.74) is 4.19. The Morgan fingerprint density at radius 1 is 1.20 bits per heavy atom. The summed E-state index contributed by atoms with van der Waals surface area (Å²) in [5, 5.41) is 0.484. The maximum absolute atomic E-state index is 12.6. The molecule has 0 saturated carbocycles. The fraction of sp³-hybridized carbons (Fsp3) is 0.350. The highest BCUT2D eigenvalue weighted by molar-refractivity contribution is 6.33. The van der Waals surface area contributed by atoms with Crippen LogP contribution in [0.1, 0.15) is 27.0 Å². The van der Waals surface area contributed by atoms with Crippen LogP contribution in [-0.2, 0) is 19.3 Å². The Labute approximate surface area is 152 Å². The Hall–Kier alpha value is -2.20. The first kappa shape index (κ1) is 16.3. The number of carbonyl (C=O) groups is 1. The molecule has 2 heterocycles. The van der Waals surface area contributed by atoms with Crippen LogP contribution >= 0.6 is 11.6 Å². The second kappa shape index (κ2) is 6.60. The Bertz CT molecular complexity index is 802. The fourth-order valence-corrected chi connectivity index (χ4v) is 3.79. The number of hydrogen-bond acceptors (Lipinski definition) is 3. The van der Waals surface area contributed by atoms with Crippen molar-refractivity contribution in [2.24, 2.45) is 0 Å². The molecule has 2 aliphatic heterocycles. The van der Waals surface area contributed by atoms with Crippen LogP contribution in [0.5, 0.6) is 11.5 Å². The maximum atomic E-state index is 12.6. The normalized spacial score (nSPS) is 14.5. The van der Waals surface area contributed by atoms with Gasteiger partial charge in [0.05, 0.1) is 23.8 Å². The van der Waals surface area contributed by atoms with Gasteiger partial charge in [-0.25, -0.2) is 0 Å². The van der Waals surface area contributed by atoms with E-state index in [-0.39, 0.29) is 5.91 Å². The molecule has 4 nitrogen and oxygen atoms in total. The zero-order chi connectivity index (χ0) is 17.4. The third-order valence-electron chi connectivity index (χ3n) is 4.91. The fourth-order valence-electron chi connectivity index (χ4n) is 3.57. The molecule has 0 bridgehead atoms.